The van der Waals surface area contributed by atoms with Crippen molar-refractivity contribution in [2.75, 3.05) is 26.1 Å². The van der Waals surface area contributed by atoms with Gasteiger partial charge in [0.1, 0.15) is 0 Å². The van der Waals surface area contributed by atoms with Gasteiger partial charge in [0.15, 0.2) is 11.5 Å². The van der Waals surface area contributed by atoms with Crippen LogP contribution in [0.15, 0.2) is 42.5 Å². The maximum Gasteiger partial charge on any atom is 0.338 e. The number of rotatable bonds is 7. The molecule has 0 spiro atoms. The fourth-order valence-corrected chi connectivity index (χ4v) is 2.23. The Labute approximate surface area is 136 Å². The largest absolute Gasteiger partial charge is 0.493 e. The molecule has 0 unspecified atom stereocenters. The minimum absolute atomic E-state index is 0.312. The lowest BCUT2D eigenvalue weighted by Gasteiger charge is -2.13. The van der Waals surface area contributed by atoms with Crippen LogP contribution < -0.4 is 14.8 Å². The van der Waals surface area contributed by atoms with Gasteiger partial charge in [-0.2, -0.15) is 0 Å². The minimum Gasteiger partial charge on any atom is -0.493 e. The average molecular weight is 315 g/mol. The van der Waals surface area contributed by atoms with Crippen LogP contribution in [-0.4, -0.2) is 26.8 Å². The first-order chi connectivity index (χ1) is 11.2. The van der Waals surface area contributed by atoms with E-state index >= 15 is 0 Å². The van der Waals surface area contributed by atoms with Crippen molar-refractivity contribution in [1.82, 2.24) is 0 Å². The third-order valence-corrected chi connectivity index (χ3v) is 3.36. The van der Waals surface area contributed by atoms with Gasteiger partial charge < -0.3 is 19.5 Å². The smallest absolute Gasteiger partial charge is 0.338 e. The van der Waals surface area contributed by atoms with E-state index in [2.05, 4.69) is 5.32 Å². The first kappa shape index (κ1) is 16.7. The van der Waals surface area contributed by atoms with Crippen molar-refractivity contribution >= 4 is 11.7 Å². The van der Waals surface area contributed by atoms with E-state index in [0.29, 0.717) is 30.2 Å². The molecule has 5 heteroatoms. The van der Waals surface area contributed by atoms with E-state index in [0.717, 1.165) is 11.3 Å². The molecule has 0 saturated carbocycles. The highest BCUT2D eigenvalue weighted by Gasteiger charge is 2.09. The lowest BCUT2D eigenvalue weighted by Crippen LogP contribution is -2.05. The number of para-hydroxylation sites is 1. The molecule has 0 aliphatic rings. The van der Waals surface area contributed by atoms with Gasteiger partial charge in [-0.25, -0.2) is 4.79 Å². The molecule has 0 saturated heterocycles. The number of benzene rings is 2. The molecule has 2 aromatic carbocycles. The van der Waals surface area contributed by atoms with E-state index in [1.54, 1.807) is 33.3 Å². The molecule has 1 N–H and O–H groups in total. The zero-order valence-electron chi connectivity index (χ0n) is 13.6. The second-order valence-electron chi connectivity index (χ2n) is 4.80. The lowest BCUT2D eigenvalue weighted by molar-refractivity contribution is 0.0526. The summed E-state index contributed by atoms with van der Waals surface area (Å²) < 4.78 is 15.7. The lowest BCUT2D eigenvalue weighted by atomic mass is 10.1. The number of hydrogen-bond acceptors (Lipinski definition) is 5. The monoisotopic (exact) mass is 315 g/mol. The summed E-state index contributed by atoms with van der Waals surface area (Å²) in [6.07, 6.45) is 0. The van der Waals surface area contributed by atoms with Crippen LogP contribution in [0.1, 0.15) is 22.8 Å². The number of methoxy groups -OCH3 is 2. The Bertz CT molecular complexity index is 653. The molecular weight excluding hydrogens is 294 g/mol. The van der Waals surface area contributed by atoms with E-state index in [4.69, 9.17) is 14.2 Å². The second-order valence-corrected chi connectivity index (χ2v) is 4.80. The van der Waals surface area contributed by atoms with Crippen LogP contribution in [-0.2, 0) is 11.3 Å². The highest BCUT2D eigenvalue weighted by atomic mass is 16.5. The molecule has 122 valence electrons. The van der Waals surface area contributed by atoms with Gasteiger partial charge in [0.25, 0.3) is 0 Å². The summed E-state index contributed by atoms with van der Waals surface area (Å²) in [4.78, 5) is 11.6. The molecule has 0 radical (unpaired) electrons. The Morgan fingerprint density at radius 2 is 1.78 bits per heavy atom. The number of nitrogens with one attached hydrogen (secondary N) is 1. The van der Waals surface area contributed by atoms with Crippen molar-refractivity contribution in [3.05, 3.63) is 53.6 Å². The summed E-state index contributed by atoms with van der Waals surface area (Å²) in [5.41, 5.74) is 2.43. The van der Waals surface area contributed by atoms with E-state index in [9.17, 15) is 4.79 Å². The quantitative estimate of drug-likeness (QED) is 0.793. The molecule has 5 nitrogen and oxygen atoms in total. The average Bonchev–Trinajstić information content (AvgIpc) is 2.60. The van der Waals surface area contributed by atoms with Crippen molar-refractivity contribution in [2.45, 2.75) is 13.5 Å². The zero-order valence-corrected chi connectivity index (χ0v) is 13.6. The van der Waals surface area contributed by atoms with Crippen molar-refractivity contribution < 1.29 is 19.0 Å². The van der Waals surface area contributed by atoms with Crippen molar-refractivity contribution in [2.24, 2.45) is 0 Å². The van der Waals surface area contributed by atoms with Gasteiger partial charge in [0.05, 0.1) is 26.4 Å². The molecule has 0 heterocycles. The Kier molecular flexibility index (Phi) is 5.86. The Balaban J connectivity index is 2.05. The Morgan fingerprint density at radius 3 is 2.39 bits per heavy atom. The van der Waals surface area contributed by atoms with Crippen molar-refractivity contribution in [3.8, 4) is 11.5 Å². The number of hydrogen-bond donors (Lipinski definition) is 1. The normalized spacial score (nSPS) is 10.0. The Hall–Kier alpha value is -2.69. The van der Waals surface area contributed by atoms with Crippen molar-refractivity contribution in [1.29, 1.82) is 0 Å². The van der Waals surface area contributed by atoms with Crippen LogP contribution in [0, 0.1) is 0 Å². The van der Waals surface area contributed by atoms with Gasteiger partial charge in [-0.3, -0.25) is 0 Å². The first-order valence-corrected chi connectivity index (χ1v) is 7.40. The summed E-state index contributed by atoms with van der Waals surface area (Å²) in [7, 11) is 3.23. The maximum absolute atomic E-state index is 11.6. The summed E-state index contributed by atoms with van der Waals surface area (Å²) in [5.74, 6) is 1.10. The number of esters is 1. The highest BCUT2D eigenvalue weighted by molar-refractivity contribution is 5.89. The summed E-state index contributed by atoms with van der Waals surface area (Å²) in [5, 5.41) is 3.30. The predicted molar refractivity (Wildman–Crippen MR) is 89.3 cm³/mol. The standard InChI is InChI=1S/C18H21NO4/c1-4-23-18(20)13-8-10-15(11-9-13)19-12-14-6-5-7-16(21-2)17(14)22-3/h5-11,19H,4,12H2,1-3H3. The van der Waals surface area contributed by atoms with Gasteiger partial charge in [0, 0.05) is 17.8 Å². The fourth-order valence-electron chi connectivity index (χ4n) is 2.23. The van der Waals surface area contributed by atoms with E-state index in [-0.39, 0.29) is 5.97 Å². The molecule has 2 aromatic rings. The Morgan fingerprint density at radius 1 is 1.04 bits per heavy atom. The third kappa shape index (κ3) is 4.16. The third-order valence-electron chi connectivity index (χ3n) is 3.36. The van der Waals surface area contributed by atoms with Crippen LogP contribution in [0.4, 0.5) is 5.69 Å². The van der Waals surface area contributed by atoms with Gasteiger partial charge in [0.2, 0.25) is 0 Å². The van der Waals surface area contributed by atoms with Crippen LogP contribution in [0.5, 0.6) is 11.5 Å². The maximum atomic E-state index is 11.6. The van der Waals surface area contributed by atoms with E-state index in [1.165, 1.54) is 0 Å². The SMILES string of the molecule is CCOC(=O)c1ccc(NCc2cccc(OC)c2OC)cc1. The first-order valence-electron chi connectivity index (χ1n) is 7.40. The molecule has 2 rings (SSSR count). The van der Waals surface area contributed by atoms with E-state index < -0.39 is 0 Å². The fraction of sp³-hybridized carbons (Fsp3) is 0.278. The summed E-state index contributed by atoms with van der Waals surface area (Å²) >= 11 is 0. The summed E-state index contributed by atoms with van der Waals surface area (Å²) in [6, 6.07) is 12.9. The second kappa shape index (κ2) is 8.08. The predicted octanol–water partition coefficient (Wildman–Crippen LogP) is 3.49. The minimum atomic E-state index is -0.312. The van der Waals surface area contributed by atoms with Crippen molar-refractivity contribution in [3.63, 3.8) is 0 Å². The number of ether oxygens (including phenoxy) is 3. The molecule has 0 aromatic heterocycles. The molecule has 0 bridgehead atoms. The molecule has 0 aliphatic carbocycles. The number of carbonyl (C=O) groups excluding carboxylic acids is 1. The highest BCUT2D eigenvalue weighted by Crippen LogP contribution is 2.31. The molecule has 0 fully saturated rings. The van der Waals surface area contributed by atoms with Gasteiger partial charge >= 0.3 is 5.97 Å². The molecular formula is C18H21NO4. The molecule has 0 amide bonds. The van der Waals surface area contributed by atoms with Gasteiger partial charge in [-0.15, -0.1) is 0 Å². The number of anilines is 1. The molecule has 0 atom stereocenters. The molecule has 0 aliphatic heterocycles. The van der Waals surface area contributed by atoms with Crippen LogP contribution >= 0.6 is 0 Å². The van der Waals surface area contributed by atoms with Crippen LogP contribution in [0.3, 0.4) is 0 Å². The molecule has 23 heavy (non-hydrogen) atoms. The number of carbonyl (C=O) groups is 1. The van der Waals surface area contributed by atoms with Crippen LogP contribution in [0.25, 0.3) is 0 Å². The van der Waals surface area contributed by atoms with Gasteiger partial charge in [-0.05, 0) is 37.3 Å². The van der Waals surface area contributed by atoms with E-state index in [1.807, 2.05) is 30.3 Å². The van der Waals surface area contributed by atoms with Crippen LogP contribution in [0.2, 0.25) is 0 Å². The van der Waals surface area contributed by atoms with Gasteiger partial charge in [-0.1, -0.05) is 12.1 Å². The zero-order chi connectivity index (χ0) is 16.7. The summed E-state index contributed by atoms with van der Waals surface area (Å²) in [6.45, 7) is 2.74. The topological polar surface area (TPSA) is 56.8 Å².